The van der Waals surface area contributed by atoms with Crippen LogP contribution in [0.25, 0.3) is 10.1 Å². The Bertz CT molecular complexity index is 3290. The molecule has 5 heteroatoms. The van der Waals surface area contributed by atoms with Crippen LogP contribution in [-0.4, -0.2) is 6.71 Å². The Morgan fingerprint density at radius 3 is 1.58 bits per heavy atom. The molecule has 0 fully saturated rings. The molecule has 0 atom stereocenters. The molecule has 0 radical (unpaired) electrons. The van der Waals surface area contributed by atoms with Gasteiger partial charge in [-0.05, 0) is 164 Å². The quantitative estimate of drug-likeness (QED) is 0.159. The average molecular weight is 920 g/mol. The number of nitrogens with zero attached hydrogens (tertiary/aromatic N) is 3. The predicted molar refractivity (Wildman–Crippen MR) is 300 cm³/mol. The molecule has 0 saturated carbocycles. The molecule has 0 unspecified atom stereocenters. The van der Waals surface area contributed by atoms with Gasteiger partial charge in [0.1, 0.15) is 0 Å². The lowest BCUT2D eigenvalue weighted by Crippen LogP contribution is -2.61. The lowest BCUT2D eigenvalue weighted by Gasteiger charge is -2.47. The fraction of sp³-hybridized carbons (Fsp3) is 0.312. The first kappa shape index (κ1) is 44.2. The maximum absolute atomic E-state index is 2.71. The van der Waals surface area contributed by atoms with Crippen molar-refractivity contribution in [3.63, 3.8) is 0 Å². The molecule has 3 nitrogen and oxygen atoms in total. The fourth-order valence-corrected chi connectivity index (χ4v) is 13.9. The molecule has 7 aromatic carbocycles. The van der Waals surface area contributed by atoms with Crippen molar-refractivity contribution in [3.8, 4) is 0 Å². The van der Waals surface area contributed by atoms with Crippen LogP contribution < -0.4 is 30.4 Å². The molecule has 2 aliphatic carbocycles. The zero-order chi connectivity index (χ0) is 48.0. The maximum Gasteiger partial charge on any atom is 0.264 e. The summed E-state index contributed by atoms with van der Waals surface area (Å²) in [5, 5.41) is 1.31. The first-order valence-corrected chi connectivity index (χ1v) is 26.3. The van der Waals surface area contributed by atoms with E-state index >= 15 is 0 Å². The summed E-state index contributed by atoms with van der Waals surface area (Å²) >= 11 is 1.99. The summed E-state index contributed by atoms with van der Waals surface area (Å²) in [7, 11) is 0. The molecule has 1 aromatic heterocycles. The van der Waals surface area contributed by atoms with Crippen molar-refractivity contribution in [2.45, 2.75) is 129 Å². The van der Waals surface area contributed by atoms with Gasteiger partial charge in [-0.15, -0.1) is 11.3 Å². The van der Waals surface area contributed by atoms with Gasteiger partial charge < -0.3 is 14.7 Å². The van der Waals surface area contributed by atoms with Crippen LogP contribution in [0.4, 0.5) is 51.2 Å². The van der Waals surface area contributed by atoms with Crippen LogP contribution in [0, 0.1) is 0 Å². The van der Waals surface area contributed by atoms with Crippen LogP contribution in [0.5, 0.6) is 0 Å². The van der Waals surface area contributed by atoms with Crippen LogP contribution in [0.2, 0.25) is 0 Å². The third-order valence-electron chi connectivity index (χ3n) is 16.9. The summed E-state index contributed by atoms with van der Waals surface area (Å²) in [5.41, 5.74) is 21.2. The van der Waals surface area contributed by atoms with Gasteiger partial charge in [0.2, 0.25) is 0 Å². The predicted octanol–water partition coefficient (Wildman–Crippen LogP) is 16.4. The third kappa shape index (κ3) is 6.88. The lowest BCUT2D eigenvalue weighted by molar-refractivity contribution is 0.332. The Labute approximate surface area is 415 Å². The number of hydrogen-bond donors (Lipinski definition) is 0. The average Bonchev–Trinajstić information content (AvgIpc) is 3.71. The summed E-state index contributed by atoms with van der Waals surface area (Å²) < 4.78 is 2.74. The molecule has 0 spiro atoms. The van der Waals surface area contributed by atoms with Crippen LogP contribution in [0.15, 0.2) is 152 Å². The minimum absolute atomic E-state index is 0.0221. The molecule has 4 aliphatic rings. The smallest absolute Gasteiger partial charge is 0.264 e. The zero-order valence-corrected chi connectivity index (χ0v) is 43.4. The normalized spacial score (nSPS) is 17.9. The van der Waals surface area contributed by atoms with Crippen molar-refractivity contribution in [1.82, 2.24) is 0 Å². The first-order chi connectivity index (χ1) is 32.8. The van der Waals surface area contributed by atoms with Gasteiger partial charge in [-0.3, -0.25) is 0 Å². The number of para-hydroxylation sites is 2. The van der Waals surface area contributed by atoms with Gasteiger partial charge in [0.05, 0.1) is 11.4 Å². The van der Waals surface area contributed by atoms with E-state index in [-0.39, 0.29) is 33.8 Å². The number of hydrogen-bond acceptors (Lipinski definition) is 4. The van der Waals surface area contributed by atoms with Crippen molar-refractivity contribution in [2.24, 2.45) is 0 Å². The molecule has 8 aromatic rings. The Morgan fingerprint density at radius 1 is 0.478 bits per heavy atom. The van der Waals surface area contributed by atoms with Crippen molar-refractivity contribution in [1.29, 1.82) is 0 Å². The Kier molecular flexibility index (Phi) is 9.76. The minimum Gasteiger partial charge on any atom is -0.311 e. The molecule has 0 bridgehead atoms. The zero-order valence-electron chi connectivity index (χ0n) is 42.6. The lowest BCUT2D eigenvalue weighted by atomic mass is 9.35. The van der Waals surface area contributed by atoms with Crippen LogP contribution in [0.3, 0.4) is 0 Å². The van der Waals surface area contributed by atoms with Crippen molar-refractivity contribution < 1.29 is 0 Å². The van der Waals surface area contributed by atoms with Crippen molar-refractivity contribution in [2.75, 3.05) is 14.7 Å². The van der Waals surface area contributed by atoms with E-state index in [9.17, 15) is 0 Å². The van der Waals surface area contributed by atoms with E-state index in [1.165, 1.54) is 101 Å². The second-order valence-electron chi connectivity index (χ2n) is 24.3. The Balaban J connectivity index is 1.24. The number of thiophene rings is 1. The third-order valence-corrected chi connectivity index (χ3v) is 18.1. The number of rotatable bonds is 5. The van der Waals surface area contributed by atoms with E-state index in [0.717, 1.165) is 29.9 Å². The van der Waals surface area contributed by atoms with E-state index < -0.39 is 0 Å². The second kappa shape index (κ2) is 15.2. The van der Waals surface area contributed by atoms with Crippen LogP contribution >= 0.6 is 11.3 Å². The molecule has 12 rings (SSSR count). The highest BCUT2D eigenvalue weighted by Crippen LogP contribution is 2.55. The summed E-state index contributed by atoms with van der Waals surface area (Å²) in [5.74, 6) is 0. The van der Waals surface area contributed by atoms with Gasteiger partial charge in [0.15, 0.2) is 0 Å². The van der Waals surface area contributed by atoms with E-state index in [1.54, 1.807) is 0 Å². The van der Waals surface area contributed by atoms with Crippen molar-refractivity contribution in [3.05, 3.63) is 179 Å². The summed E-state index contributed by atoms with van der Waals surface area (Å²) in [6, 6.07) is 58.5. The number of benzene rings is 7. The molecule has 2 aliphatic heterocycles. The summed E-state index contributed by atoms with van der Waals surface area (Å²) in [6.45, 7) is 26.8. The van der Waals surface area contributed by atoms with Crippen LogP contribution in [-0.2, 0) is 27.1 Å². The molecule has 0 saturated heterocycles. The Hall–Kier alpha value is -6.04. The number of fused-ring (bicyclic) bond motifs is 8. The fourth-order valence-electron chi connectivity index (χ4n) is 12.6. The minimum atomic E-state index is 0.0221. The molecule has 0 amide bonds. The Morgan fingerprint density at radius 2 is 0.986 bits per heavy atom. The first-order valence-electron chi connectivity index (χ1n) is 25.5. The SMILES string of the molecule is CC(C)(C)c1ccc(N2c3cc(N(c4ccccc4)c4ccccc4)cc4c3B(c3cc5c(cc3N4c3ccc4c(c3)C(C)(C)CCC4(C)C)C(C)(C)CCC5(C)C)c3sc4ccccc4c32)cc1. The monoisotopic (exact) mass is 920 g/mol. The topological polar surface area (TPSA) is 9.72 Å². The second-order valence-corrected chi connectivity index (χ2v) is 25.4. The molecular weight excluding hydrogens is 854 g/mol. The molecule has 69 heavy (non-hydrogen) atoms. The molecule has 3 heterocycles. The van der Waals surface area contributed by atoms with Gasteiger partial charge in [-0.1, -0.05) is 155 Å². The maximum atomic E-state index is 2.71. The molecule has 0 N–H and O–H groups in total. The van der Waals surface area contributed by atoms with Gasteiger partial charge in [0, 0.05) is 54.7 Å². The largest absolute Gasteiger partial charge is 0.311 e. The highest BCUT2D eigenvalue weighted by Gasteiger charge is 2.49. The van der Waals surface area contributed by atoms with E-state index in [0.29, 0.717) is 0 Å². The van der Waals surface area contributed by atoms with Gasteiger partial charge in [0.25, 0.3) is 6.71 Å². The summed E-state index contributed by atoms with van der Waals surface area (Å²) in [4.78, 5) is 7.82. The molecular formula is C64H66BN3S. The molecule has 346 valence electrons. The van der Waals surface area contributed by atoms with Gasteiger partial charge in [-0.2, -0.15) is 0 Å². The van der Waals surface area contributed by atoms with E-state index in [4.69, 9.17) is 0 Å². The number of anilines is 9. The van der Waals surface area contributed by atoms with E-state index in [2.05, 4.69) is 243 Å². The van der Waals surface area contributed by atoms with Gasteiger partial charge in [-0.25, -0.2) is 0 Å². The van der Waals surface area contributed by atoms with E-state index in [1.807, 2.05) is 11.3 Å². The standard InChI is InChI=1S/C64H66BN3S/c1-60(2,3)41-26-28-44(29-27-41)68-55-38-46(66(42-20-14-12-15-21-42)43-22-16-13-17-23-43)37-54-57(55)65(59-58(68)47-24-18-19-25-56(47)69-59)52-39-50-51(64(10,11)35-34-63(50,8)9)40-53(52)67(54)45-30-31-48-49(36-45)62(6,7)33-32-61(48,4)5/h12-31,36-40H,32-35H2,1-11H3. The van der Waals surface area contributed by atoms with Crippen LogP contribution in [0.1, 0.15) is 130 Å². The highest BCUT2D eigenvalue weighted by molar-refractivity contribution is 7.33. The van der Waals surface area contributed by atoms with Crippen molar-refractivity contribution >= 4 is 95.0 Å². The van der Waals surface area contributed by atoms with Gasteiger partial charge >= 0.3 is 0 Å². The summed E-state index contributed by atoms with van der Waals surface area (Å²) in [6.07, 6.45) is 4.68. The highest BCUT2D eigenvalue weighted by atomic mass is 32.1.